The van der Waals surface area contributed by atoms with Crippen molar-refractivity contribution in [1.29, 1.82) is 0 Å². The van der Waals surface area contributed by atoms with E-state index in [1.54, 1.807) is 12.1 Å². The lowest BCUT2D eigenvalue weighted by Gasteiger charge is -2.10. The number of pyridine rings is 1. The average Bonchev–Trinajstić information content (AvgIpc) is 2.34. The van der Waals surface area contributed by atoms with Crippen LogP contribution in [-0.4, -0.2) is 13.4 Å². The van der Waals surface area contributed by atoms with Crippen molar-refractivity contribution < 1.29 is 8.42 Å². The first-order valence-corrected chi connectivity index (χ1v) is 7.73. The van der Waals surface area contributed by atoms with Crippen LogP contribution in [0.3, 0.4) is 0 Å². The van der Waals surface area contributed by atoms with Gasteiger partial charge in [0.05, 0.1) is 16.4 Å². The predicted molar refractivity (Wildman–Crippen MR) is 78.6 cm³/mol. The van der Waals surface area contributed by atoms with Crippen molar-refractivity contribution in [3.8, 4) is 0 Å². The van der Waals surface area contributed by atoms with Crippen LogP contribution in [0, 0.1) is 0 Å². The Balaban J connectivity index is 2.37. The van der Waals surface area contributed by atoms with Crippen molar-refractivity contribution in [2.75, 3.05) is 10.5 Å². The maximum atomic E-state index is 12.1. The van der Waals surface area contributed by atoms with E-state index in [9.17, 15) is 8.42 Å². The fourth-order valence-electron chi connectivity index (χ4n) is 1.39. The van der Waals surface area contributed by atoms with Crippen LogP contribution in [0.25, 0.3) is 0 Å². The molecular formula is C11H9BrClN3O2S. The largest absolute Gasteiger partial charge is 0.398 e. The molecule has 1 aromatic carbocycles. The van der Waals surface area contributed by atoms with Crippen molar-refractivity contribution in [3.05, 3.63) is 46.2 Å². The minimum absolute atomic E-state index is 0.0750. The number of nitrogens with one attached hydrogen (secondary N) is 1. The molecule has 19 heavy (non-hydrogen) atoms. The first-order chi connectivity index (χ1) is 8.90. The van der Waals surface area contributed by atoms with Gasteiger partial charge in [-0.15, -0.1) is 0 Å². The molecule has 100 valence electrons. The molecule has 0 unspecified atom stereocenters. The molecular weight excluding hydrogens is 354 g/mol. The summed E-state index contributed by atoms with van der Waals surface area (Å²) in [4.78, 5) is 3.68. The zero-order valence-electron chi connectivity index (χ0n) is 9.47. The first kappa shape index (κ1) is 14.1. The highest BCUT2D eigenvalue weighted by Crippen LogP contribution is 2.27. The number of nitrogen functional groups attached to an aromatic ring is 1. The third-order valence-corrected chi connectivity index (χ3v) is 4.93. The first-order valence-electron chi connectivity index (χ1n) is 5.07. The summed E-state index contributed by atoms with van der Waals surface area (Å²) < 4.78 is 27.3. The lowest BCUT2D eigenvalue weighted by atomic mass is 10.3. The Bertz CT molecular complexity index is 722. The lowest BCUT2D eigenvalue weighted by Crippen LogP contribution is -2.15. The molecule has 0 aliphatic rings. The van der Waals surface area contributed by atoms with Crippen LogP contribution in [0.5, 0.6) is 0 Å². The Morgan fingerprint density at radius 2 is 2.05 bits per heavy atom. The van der Waals surface area contributed by atoms with E-state index in [0.29, 0.717) is 15.2 Å². The number of rotatable bonds is 3. The Kier molecular flexibility index (Phi) is 3.98. The van der Waals surface area contributed by atoms with E-state index in [1.807, 2.05) is 0 Å². The normalized spacial score (nSPS) is 11.3. The number of nitrogens with zero attached hydrogens (tertiary/aromatic N) is 1. The maximum Gasteiger partial charge on any atom is 0.265 e. The summed E-state index contributed by atoms with van der Waals surface area (Å²) in [5, 5.41) is 0.402. The summed E-state index contributed by atoms with van der Waals surface area (Å²) in [6, 6.07) is 6.14. The van der Waals surface area contributed by atoms with E-state index < -0.39 is 10.0 Å². The molecule has 2 aromatic rings. The number of hydrogen-bond acceptors (Lipinski definition) is 4. The second-order valence-corrected chi connectivity index (χ2v) is 6.56. The minimum Gasteiger partial charge on any atom is -0.398 e. The van der Waals surface area contributed by atoms with Crippen LogP contribution in [0.4, 0.5) is 11.4 Å². The number of nitrogens with two attached hydrogens (primary N) is 1. The zero-order chi connectivity index (χ0) is 14.0. The van der Waals surface area contributed by atoms with Crippen molar-refractivity contribution >= 4 is 48.9 Å². The fourth-order valence-corrected chi connectivity index (χ4v) is 2.94. The van der Waals surface area contributed by atoms with Crippen LogP contribution in [-0.2, 0) is 10.0 Å². The molecule has 0 amide bonds. The number of benzene rings is 1. The average molecular weight is 363 g/mol. The van der Waals surface area contributed by atoms with E-state index in [2.05, 4.69) is 25.6 Å². The van der Waals surface area contributed by atoms with Crippen molar-refractivity contribution in [1.82, 2.24) is 4.98 Å². The van der Waals surface area contributed by atoms with Gasteiger partial charge in [0.25, 0.3) is 10.0 Å². The van der Waals surface area contributed by atoms with Gasteiger partial charge in [-0.2, -0.15) is 0 Å². The molecule has 8 heteroatoms. The Labute approximate surface area is 124 Å². The number of hydrogen-bond donors (Lipinski definition) is 2. The fraction of sp³-hybridized carbons (Fsp3) is 0. The summed E-state index contributed by atoms with van der Waals surface area (Å²) in [6.07, 6.45) is 2.61. The van der Waals surface area contributed by atoms with Crippen LogP contribution < -0.4 is 10.5 Å². The Morgan fingerprint density at radius 3 is 2.68 bits per heavy atom. The van der Waals surface area contributed by atoms with E-state index in [1.165, 1.54) is 24.5 Å². The van der Waals surface area contributed by atoms with Crippen LogP contribution in [0.15, 0.2) is 46.0 Å². The van der Waals surface area contributed by atoms with Gasteiger partial charge in [0.2, 0.25) is 0 Å². The van der Waals surface area contributed by atoms with Gasteiger partial charge in [0.15, 0.2) is 0 Å². The molecule has 3 N–H and O–H groups in total. The number of aromatic nitrogens is 1. The van der Waals surface area contributed by atoms with E-state index in [-0.39, 0.29) is 10.6 Å². The molecule has 0 atom stereocenters. The molecule has 0 aliphatic heterocycles. The molecule has 0 saturated heterocycles. The Hall–Kier alpha value is -1.31. The van der Waals surface area contributed by atoms with Crippen LogP contribution in [0.1, 0.15) is 0 Å². The van der Waals surface area contributed by atoms with Crippen molar-refractivity contribution in [2.24, 2.45) is 0 Å². The zero-order valence-corrected chi connectivity index (χ0v) is 12.6. The summed E-state index contributed by atoms with van der Waals surface area (Å²) in [7, 11) is -3.79. The third kappa shape index (κ3) is 3.17. The number of sulfonamides is 1. The summed E-state index contributed by atoms with van der Waals surface area (Å²) in [6.45, 7) is 0. The van der Waals surface area contributed by atoms with Crippen LogP contribution >= 0.6 is 27.5 Å². The molecule has 0 fully saturated rings. The van der Waals surface area contributed by atoms with Gasteiger partial charge in [0.1, 0.15) is 4.90 Å². The monoisotopic (exact) mass is 361 g/mol. The third-order valence-electron chi connectivity index (χ3n) is 2.28. The highest BCUT2D eigenvalue weighted by Gasteiger charge is 2.17. The van der Waals surface area contributed by atoms with Crippen molar-refractivity contribution in [3.63, 3.8) is 0 Å². The summed E-state index contributed by atoms with van der Waals surface area (Å²) >= 11 is 9.13. The van der Waals surface area contributed by atoms with Gasteiger partial charge in [-0.05, 0) is 40.2 Å². The molecule has 5 nitrogen and oxygen atoms in total. The molecule has 0 saturated carbocycles. The molecule has 1 aromatic heterocycles. The SMILES string of the molecule is Nc1ccncc1S(=O)(=O)Nc1ccc(Br)c(Cl)c1. The van der Waals surface area contributed by atoms with Gasteiger partial charge in [-0.1, -0.05) is 11.6 Å². The smallest absolute Gasteiger partial charge is 0.265 e. The second kappa shape index (κ2) is 5.36. The van der Waals surface area contributed by atoms with Crippen molar-refractivity contribution in [2.45, 2.75) is 4.90 Å². The van der Waals surface area contributed by atoms with Gasteiger partial charge in [-0.25, -0.2) is 8.42 Å². The van der Waals surface area contributed by atoms with E-state index in [0.717, 1.165) is 0 Å². The topological polar surface area (TPSA) is 85.1 Å². The number of halogens is 2. The van der Waals surface area contributed by atoms with Crippen LogP contribution in [0.2, 0.25) is 5.02 Å². The van der Waals surface area contributed by atoms with Gasteiger partial charge in [0, 0.05) is 16.9 Å². The molecule has 0 bridgehead atoms. The van der Waals surface area contributed by atoms with Gasteiger partial charge < -0.3 is 5.73 Å². The molecule has 0 radical (unpaired) electrons. The highest BCUT2D eigenvalue weighted by molar-refractivity contribution is 9.10. The highest BCUT2D eigenvalue weighted by atomic mass is 79.9. The lowest BCUT2D eigenvalue weighted by molar-refractivity contribution is 0.601. The number of anilines is 2. The van der Waals surface area contributed by atoms with Gasteiger partial charge in [-0.3, -0.25) is 9.71 Å². The summed E-state index contributed by atoms with van der Waals surface area (Å²) in [5.74, 6) is 0. The van der Waals surface area contributed by atoms with E-state index in [4.69, 9.17) is 17.3 Å². The second-order valence-electron chi connectivity index (χ2n) is 3.65. The predicted octanol–water partition coefficient (Wildman–Crippen LogP) is 2.88. The molecule has 0 spiro atoms. The Morgan fingerprint density at radius 1 is 1.32 bits per heavy atom. The molecule has 1 heterocycles. The van der Waals surface area contributed by atoms with E-state index >= 15 is 0 Å². The summed E-state index contributed by atoms with van der Waals surface area (Å²) in [5.41, 5.74) is 6.10. The quantitative estimate of drug-likeness (QED) is 0.879. The molecule has 2 rings (SSSR count). The maximum absolute atomic E-state index is 12.1. The standard InChI is InChI=1S/C11H9BrClN3O2S/c12-8-2-1-7(5-9(8)13)16-19(17,18)11-6-15-4-3-10(11)14/h1-6,16H,(H2,14,15). The van der Waals surface area contributed by atoms with Gasteiger partial charge >= 0.3 is 0 Å². The minimum atomic E-state index is -3.79. The molecule has 0 aliphatic carbocycles.